The summed E-state index contributed by atoms with van der Waals surface area (Å²) in [6.07, 6.45) is 3.90. The van der Waals surface area contributed by atoms with Gasteiger partial charge in [-0.25, -0.2) is 0 Å². The van der Waals surface area contributed by atoms with E-state index in [9.17, 15) is 14.7 Å². The number of aryl methyl sites for hydroxylation is 2. The molecule has 3 aromatic rings. The van der Waals surface area contributed by atoms with E-state index < -0.39 is 17.7 Å². The minimum absolute atomic E-state index is 0.101. The van der Waals surface area contributed by atoms with E-state index in [-0.39, 0.29) is 17.8 Å². The zero-order chi connectivity index (χ0) is 22.0. The molecular weight excluding hydrogens is 412 g/mol. The highest BCUT2D eigenvalue weighted by molar-refractivity contribution is 6.31. The fraction of sp³-hybridized carbons (Fsp3) is 0.160. The van der Waals surface area contributed by atoms with Crippen LogP contribution in [0.25, 0.3) is 0 Å². The fourth-order valence-electron chi connectivity index (χ4n) is 3.79. The number of carbonyl (C=O) groups is 2. The molecule has 0 saturated carbocycles. The minimum atomic E-state index is -0.752. The van der Waals surface area contributed by atoms with Crippen LogP contribution in [0.5, 0.6) is 0 Å². The summed E-state index contributed by atoms with van der Waals surface area (Å²) in [6, 6.07) is 17.6. The number of hydrogen-bond acceptors (Lipinski definition) is 4. The summed E-state index contributed by atoms with van der Waals surface area (Å²) in [4.78, 5) is 31.8. The molecule has 5 nitrogen and oxygen atoms in total. The van der Waals surface area contributed by atoms with Crippen molar-refractivity contribution in [3.8, 4) is 0 Å². The predicted octanol–water partition coefficient (Wildman–Crippen LogP) is 5.15. The van der Waals surface area contributed by atoms with Gasteiger partial charge in [-0.05, 0) is 54.3 Å². The molecule has 0 saturated heterocycles. The quantitative estimate of drug-likeness (QED) is 0.585. The van der Waals surface area contributed by atoms with E-state index in [1.807, 2.05) is 37.3 Å². The van der Waals surface area contributed by atoms with Gasteiger partial charge in [0.2, 0.25) is 0 Å². The Morgan fingerprint density at radius 3 is 2.48 bits per heavy atom. The van der Waals surface area contributed by atoms with E-state index in [0.717, 1.165) is 11.1 Å². The monoisotopic (exact) mass is 432 g/mol. The molecule has 0 aliphatic carbocycles. The van der Waals surface area contributed by atoms with Crippen LogP contribution in [0, 0.1) is 6.92 Å². The number of rotatable bonds is 6. The normalized spacial score (nSPS) is 16.1. The Kier molecular flexibility index (Phi) is 5.87. The van der Waals surface area contributed by atoms with Crippen molar-refractivity contribution in [3.63, 3.8) is 0 Å². The largest absolute Gasteiger partial charge is 0.503 e. The average molecular weight is 433 g/mol. The van der Waals surface area contributed by atoms with Gasteiger partial charge in [-0.1, -0.05) is 48.0 Å². The SMILES string of the molecule is Cc1ccc(N2C(=O)C(O)=C(C(=O)CCc3ccccc3)C2c2ccncc2)cc1Cl. The van der Waals surface area contributed by atoms with Gasteiger partial charge in [-0.3, -0.25) is 19.5 Å². The van der Waals surface area contributed by atoms with Crippen LogP contribution < -0.4 is 4.90 Å². The van der Waals surface area contributed by atoms with Crippen molar-refractivity contribution in [2.75, 3.05) is 4.90 Å². The van der Waals surface area contributed by atoms with Gasteiger partial charge in [0, 0.05) is 29.5 Å². The average Bonchev–Trinajstić information content (AvgIpc) is 3.06. The maximum atomic E-state index is 13.2. The summed E-state index contributed by atoms with van der Waals surface area (Å²) in [5.74, 6) is -1.40. The van der Waals surface area contributed by atoms with E-state index in [0.29, 0.717) is 22.7 Å². The second kappa shape index (κ2) is 8.74. The molecule has 4 rings (SSSR count). The summed E-state index contributed by atoms with van der Waals surface area (Å²) in [5.41, 5.74) is 3.19. The maximum absolute atomic E-state index is 13.2. The summed E-state index contributed by atoms with van der Waals surface area (Å²) in [6.45, 7) is 1.87. The van der Waals surface area contributed by atoms with Crippen molar-refractivity contribution >= 4 is 29.0 Å². The number of anilines is 1. The zero-order valence-electron chi connectivity index (χ0n) is 17.0. The lowest BCUT2D eigenvalue weighted by atomic mass is 9.93. The third-order valence-electron chi connectivity index (χ3n) is 5.45. The summed E-state index contributed by atoms with van der Waals surface area (Å²) in [7, 11) is 0. The lowest BCUT2D eigenvalue weighted by Gasteiger charge is -2.27. The Balaban J connectivity index is 1.72. The highest BCUT2D eigenvalue weighted by Crippen LogP contribution is 2.42. The van der Waals surface area contributed by atoms with E-state index in [1.54, 1.807) is 42.7 Å². The molecule has 0 bridgehead atoms. The van der Waals surface area contributed by atoms with Gasteiger partial charge in [0.1, 0.15) is 0 Å². The van der Waals surface area contributed by atoms with Crippen LogP contribution in [0.1, 0.15) is 29.2 Å². The molecule has 31 heavy (non-hydrogen) atoms. The molecule has 0 fully saturated rings. The first-order valence-corrected chi connectivity index (χ1v) is 10.3. The summed E-state index contributed by atoms with van der Waals surface area (Å²) >= 11 is 6.30. The van der Waals surface area contributed by atoms with Crippen LogP contribution in [0.2, 0.25) is 5.02 Å². The Hall–Kier alpha value is -3.44. The van der Waals surface area contributed by atoms with Crippen molar-refractivity contribution in [2.45, 2.75) is 25.8 Å². The van der Waals surface area contributed by atoms with Gasteiger partial charge in [-0.15, -0.1) is 0 Å². The van der Waals surface area contributed by atoms with Gasteiger partial charge >= 0.3 is 0 Å². The number of halogens is 1. The number of Topliss-reactive ketones (excluding diaryl/α,β-unsaturated/α-hetero) is 1. The standard InChI is InChI=1S/C25H21ClN2O3/c1-16-7-9-19(15-20(16)26)28-23(18-11-13-27-14-12-18)22(24(30)25(28)31)21(29)10-8-17-5-3-2-4-6-17/h2-7,9,11-15,23,30H,8,10H2,1H3. The first-order valence-electron chi connectivity index (χ1n) is 9.97. The molecule has 1 amide bonds. The smallest absolute Gasteiger partial charge is 0.294 e. The van der Waals surface area contributed by atoms with Crippen molar-refractivity contribution in [2.24, 2.45) is 0 Å². The number of carbonyl (C=O) groups excluding carboxylic acids is 2. The van der Waals surface area contributed by atoms with Gasteiger partial charge < -0.3 is 5.11 Å². The van der Waals surface area contributed by atoms with Gasteiger partial charge in [0.05, 0.1) is 11.6 Å². The number of amides is 1. The highest BCUT2D eigenvalue weighted by atomic mass is 35.5. The Bertz CT molecular complexity index is 1160. The van der Waals surface area contributed by atoms with Gasteiger partial charge in [-0.2, -0.15) is 0 Å². The third kappa shape index (κ3) is 4.09. The van der Waals surface area contributed by atoms with Gasteiger partial charge in [0.25, 0.3) is 5.91 Å². The van der Waals surface area contributed by atoms with Gasteiger partial charge in [0.15, 0.2) is 11.5 Å². The van der Waals surface area contributed by atoms with E-state index >= 15 is 0 Å². The number of hydrogen-bond donors (Lipinski definition) is 1. The summed E-state index contributed by atoms with van der Waals surface area (Å²) < 4.78 is 0. The molecule has 1 aliphatic rings. The Morgan fingerprint density at radius 2 is 1.81 bits per heavy atom. The Morgan fingerprint density at radius 1 is 1.10 bits per heavy atom. The number of aliphatic hydroxyl groups excluding tert-OH is 1. The van der Waals surface area contributed by atoms with Crippen LogP contribution in [0.15, 0.2) is 84.4 Å². The number of ketones is 1. The predicted molar refractivity (Wildman–Crippen MR) is 120 cm³/mol. The first kappa shape index (κ1) is 20.8. The van der Waals surface area contributed by atoms with Crippen molar-refractivity contribution < 1.29 is 14.7 Å². The molecule has 1 N–H and O–H groups in total. The molecule has 1 unspecified atom stereocenters. The van der Waals surface area contributed by atoms with Crippen LogP contribution >= 0.6 is 11.6 Å². The Labute approximate surface area is 185 Å². The third-order valence-corrected chi connectivity index (χ3v) is 5.85. The van der Waals surface area contributed by atoms with Crippen molar-refractivity contribution in [1.82, 2.24) is 4.98 Å². The number of aliphatic hydroxyl groups is 1. The molecule has 156 valence electrons. The summed E-state index contributed by atoms with van der Waals surface area (Å²) in [5, 5.41) is 11.2. The van der Waals surface area contributed by atoms with Crippen LogP contribution in [-0.4, -0.2) is 21.8 Å². The molecule has 0 spiro atoms. The van der Waals surface area contributed by atoms with Crippen molar-refractivity contribution in [1.29, 1.82) is 0 Å². The van der Waals surface area contributed by atoms with E-state index in [1.165, 1.54) is 4.90 Å². The van der Waals surface area contributed by atoms with Crippen LogP contribution in [-0.2, 0) is 16.0 Å². The highest BCUT2D eigenvalue weighted by Gasteiger charge is 2.44. The second-order valence-corrected chi connectivity index (χ2v) is 7.87. The molecular formula is C25H21ClN2O3. The van der Waals surface area contributed by atoms with E-state index in [2.05, 4.69) is 4.98 Å². The second-order valence-electron chi connectivity index (χ2n) is 7.46. The molecule has 0 radical (unpaired) electrons. The number of nitrogens with zero attached hydrogens (tertiary/aromatic N) is 2. The molecule has 2 heterocycles. The zero-order valence-corrected chi connectivity index (χ0v) is 17.7. The maximum Gasteiger partial charge on any atom is 0.294 e. The first-order chi connectivity index (χ1) is 15.0. The minimum Gasteiger partial charge on any atom is -0.503 e. The number of pyridine rings is 1. The fourth-order valence-corrected chi connectivity index (χ4v) is 3.96. The number of benzene rings is 2. The lowest BCUT2D eigenvalue weighted by molar-refractivity contribution is -0.118. The molecule has 1 aliphatic heterocycles. The van der Waals surface area contributed by atoms with Crippen molar-refractivity contribution in [3.05, 3.63) is 106 Å². The van der Waals surface area contributed by atoms with Crippen LogP contribution in [0.4, 0.5) is 5.69 Å². The molecule has 6 heteroatoms. The topological polar surface area (TPSA) is 70.5 Å². The number of aromatic nitrogens is 1. The lowest BCUT2D eigenvalue weighted by Crippen LogP contribution is -2.31. The molecule has 1 atom stereocenters. The van der Waals surface area contributed by atoms with Crippen LogP contribution in [0.3, 0.4) is 0 Å². The molecule has 1 aromatic heterocycles. The molecule has 2 aromatic carbocycles. The van der Waals surface area contributed by atoms with E-state index in [4.69, 9.17) is 11.6 Å².